The third-order valence-corrected chi connectivity index (χ3v) is 5.31. The van der Waals surface area contributed by atoms with Crippen molar-refractivity contribution < 1.29 is 14.7 Å². The van der Waals surface area contributed by atoms with Gasteiger partial charge in [0.25, 0.3) is 0 Å². The van der Waals surface area contributed by atoms with Crippen molar-refractivity contribution >= 4 is 17.7 Å². The number of nitrogens with one attached hydrogen (secondary N) is 1. The highest BCUT2D eigenvalue weighted by molar-refractivity contribution is 5.88. The minimum absolute atomic E-state index is 0.0731. The number of carboxylic acids is 1. The lowest BCUT2D eigenvalue weighted by atomic mass is 9.89. The van der Waals surface area contributed by atoms with Crippen LogP contribution in [-0.2, 0) is 4.79 Å². The number of rotatable bonds is 5. The molecule has 0 aliphatic carbocycles. The van der Waals surface area contributed by atoms with E-state index in [1.165, 1.54) is 6.07 Å². The van der Waals surface area contributed by atoms with Gasteiger partial charge < -0.3 is 20.2 Å². The van der Waals surface area contributed by atoms with Gasteiger partial charge in [0.2, 0.25) is 5.91 Å². The molecule has 0 unspecified atom stereocenters. The van der Waals surface area contributed by atoms with Gasteiger partial charge in [0, 0.05) is 37.9 Å². The van der Waals surface area contributed by atoms with Crippen LogP contribution >= 0.6 is 0 Å². The Morgan fingerprint density at radius 2 is 1.92 bits per heavy atom. The Labute approximate surface area is 148 Å². The topological polar surface area (TPSA) is 85.8 Å². The van der Waals surface area contributed by atoms with Crippen LogP contribution < -0.4 is 10.2 Å². The number of carbonyl (C=O) groups excluding carboxylic acids is 1. The summed E-state index contributed by atoms with van der Waals surface area (Å²) in [5.41, 5.74) is 0.184. The lowest BCUT2D eigenvalue weighted by Gasteiger charge is -2.40. The molecular formula is C18H26N4O3. The highest BCUT2D eigenvalue weighted by Gasteiger charge is 2.31. The summed E-state index contributed by atoms with van der Waals surface area (Å²) in [6.45, 7) is 5.90. The van der Waals surface area contributed by atoms with Gasteiger partial charge in [-0.05, 0) is 44.7 Å². The summed E-state index contributed by atoms with van der Waals surface area (Å²) in [4.78, 5) is 31.7. The second-order valence-corrected chi connectivity index (χ2v) is 7.20. The number of piperidine rings is 1. The number of pyridine rings is 1. The van der Waals surface area contributed by atoms with Crippen LogP contribution in [0.4, 0.5) is 5.82 Å². The van der Waals surface area contributed by atoms with Crippen LogP contribution in [-0.4, -0.2) is 65.1 Å². The maximum atomic E-state index is 12.2. The summed E-state index contributed by atoms with van der Waals surface area (Å²) >= 11 is 0. The number of amides is 1. The van der Waals surface area contributed by atoms with E-state index in [-0.39, 0.29) is 17.0 Å². The molecule has 2 fully saturated rings. The highest BCUT2D eigenvalue weighted by atomic mass is 16.4. The lowest BCUT2D eigenvalue weighted by Crippen LogP contribution is -2.54. The Bertz CT molecular complexity index is 635. The average Bonchev–Trinajstić information content (AvgIpc) is 3.15. The first-order valence-electron chi connectivity index (χ1n) is 8.94. The molecule has 136 valence electrons. The van der Waals surface area contributed by atoms with Crippen molar-refractivity contribution in [1.82, 2.24) is 15.2 Å². The zero-order valence-corrected chi connectivity index (χ0v) is 14.7. The van der Waals surface area contributed by atoms with E-state index in [9.17, 15) is 9.59 Å². The molecule has 2 aliphatic heterocycles. The number of anilines is 1. The summed E-state index contributed by atoms with van der Waals surface area (Å²) in [7, 11) is 0. The molecule has 0 atom stereocenters. The fraction of sp³-hybridized carbons (Fsp3) is 0.611. The van der Waals surface area contributed by atoms with E-state index in [2.05, 4.69) is 22.1 Å². The number of likely N-dealkylation sites (tertiary alicyclic amines) is 1. The Morgan fingerprint density at radius 3 is 2.56 bits per heavy atom. The normalized spacial score (nSPS) is 19.9. The number of nitrogens with zero attached hydrogens (tertiary/aromatic N) is 3. The van der Waals surface area contributed by atoms with Crippen molar-refractivity contribution in [3.63, 3.8) is 0 Å². The zero-order chi connectivity index (χ0) is 17.9. The summed E-state index contributed by atoms with van der Waals surface area (Å²) in [6, 6.07) is 3.13. The molecule has 7 nitrogen and oxygen atoms in total. The predicted octanol–water partition coefficient (Wildman–Crippen LogP) is 1.35. The smallest absolute Gasteiger partial charge is 0.335 e. The van der Waals surface area contributed by atoms with Gasteiger partial charge in [-0.25, -0.2) is 9.78 Å². The molecule has 3 rings (SSSR count). The van der Waals surface area contributed by atoms with E-state index < -0.39 is 5.97 Å². The van der Waals surface area contributed by atoms with E-state index >= 15 is 0 Å². The minimum Gasteiger partial charge on any atom is -0.478 e. The molecule has 2 N–H and O–H groups in total. The number of hydrogen-bond donors (Lipinski definition) is 2. The molecule has 0 spiro atoms. The molecule has 7 heteroatoms. The van der Waals surface area contributed by atoms with Crippen molar-refractivity contribution in [2.24, 2.45) is 0 Å². The molecule has 2 aliphatic rings. The third-order valence-electron chi connectivity index (χ3n) is 5.31. The fourth-order valence-corrected chi connectivity index (χ4v) is 3.50. The van der Waals surface area contributed by atoms with Crippen LogP contribution in [0.3, 0.4) is 0 Å². The first-order chi connectivity index (χ1) is 12.0. The predicted molar refractivity (Wildman–Crippen MR) is 94.9 cm³/mol. The zero-order valence-electron chi connectivity index (χ0n) is 14.7. The Kier molecular flexibility index (Phi) is 5.22. The van der Waals surface area contributed by atoms with E-state index in [0.29, 0.717) is 12.4 Å². The third kappa shape index (κ3) is 4.28. The van der Waals surface area contributed by atoms with Gasteiger partial charge in [-0.2, -0.15) is 0 Å². The minimum atomic E-state index is -0.937. The maximum Gasteiger partial charge on any atom is 0.335 e. The van der Waals surface area contributed by atoms with Gasteiger partial charge in [-0.1, -0.05) is 0 Å². The second-order valence-electron chi connectivity index (χ2n) is 7.20. The number of hydrogen-bond acceptors (Lipinski definition) is 5. The summed E-state index contributed by atoms with van der Waals surface area (Å²) in [5, 5.41) is 12.6. The summed E-state index contributed by atoms with van der Waals surface area (Å²) in [5.74, 6) is -0.0420. The Morgan fingerprint density at radius 1 is 1.24 bits per heavy atom. The SMILES string of the molecule is CC1(NCC(=O)N2CCCC2)CCN(c2cc(C(=O)O)ccn2)CC1. The van der Waals surface area contributed by atoms with Crippen molar-refractivity contribution in [2.45, 2.75) is 38.1 Å². The van der Waals surface area contributed by atoms with Gasteiger partial charge in [0.15, 0.2) is 0 Å². The van der Waals surface area contributed by atoms with Crippen LogP contribution in [0.1, 0.15) is 43.0 Å². The molecule has 1 amide bonds. The monoisotopic (exact) mass is 346 g/mol. The maximum absolute atomic E-state index is 12.2. The van der Waals surface area contributed by atoms with Crippen molar-refractivity contribution in [2.75, 3.05) is 37.6 Å². The molecule has 0 bridgehead atoms. The molecule has 0 saturated carbocycles. The van der Waals surface area contributed by atoms with Crippen LogP contribution in [0, 0.1) is 0 Å². The van der Waals surface area contributed by atoms with Gasteiger partial charge in [-0.15, -0.1) is 0 Å². The molecule has 1 aromatic heterocycles. The molecule has 3 heterocycles. The van der Waals surface area contributed by atoms with E-state index in [4.69, 9.17) is 5.11 Å². The number of carbonyl (C=O) groups is 2. The van der Waals surface area contributed by atoms with Gasteiger partial charge >= 0.3 is 5.97 Å². The van der Waals surface area contributed by atoms with Crippen molar-refractivity contribution in [3.8, 4) is 0 Å². The molecule has 2 saturated heterocycles. The van der Waals surface area contributed by atoms with E-state index in [1.807, 2.05) is 4.90 Å². The molecule has 1 aromatic rings. The highest BCUT2D eigenvalue weighted by Crippen LogP contribution is 2.25. The van der Waals surface area contributed by atoms with Crippen molar-refractivity contribution in [1.29, 1.82) is 0 Å². The van der Waals surface area contributed by atoms with Crippen molar-refractivity contribution in [3.05, 3.63) is 23.9 Å². The summed E-state index contributed by atoms with van der Waals surface area (Å²) < 4.78 is 0. The first-order valence-corrected chi connectivity index (χ1v) is 8.94. The van der Waals surface area contributed by atoms with E-state index in [0.717, 1.165) is 51.9 Å². The standard InChI is InChI=1S/C18H26N4O3/c1-18(20-13-16(23)22-8-2-3-9-22)5-10-21(11-6-18)15-12-14(17(24)25)4-7-19-15/h4,7,12,20H,2-3,5-6,8-11,13H2,1H3,(H,24,25). The van der Waals surface area contributed by atoms with Crippen LogP contribution in [0.5, 0.6) is 0 Å². The largest absolute Gasteiger partial charge is 0.478 e. The van der Waals surface area contributed by atoms with Crippen LogP contribution in [0.25, 0.3) is 0 Å². The van der Waals surface area contributed by atoms with Crippen LogP contribution in [0.15, 0.2) is 18.3 Å². The quantitative estimate of drug-likeness (QED) is 0.837. The number of carboxylic acid groups (broad SMARTS) is 1. The molecular weight excluding hydrogens is 320 g/mol. The van der Waals surface area contributed by atoms with E-state index in [1.54, 1.807) is 12.3 Å². The molecule has 25 heavy (non-hydrogen) atoms. The van der Waals surface area contributed by atoms with Gasteiger partial charge in [0.05, 0.1) is 12.1 Å². The Balaban J connectivity index is 1.52. The van der Waals surface area contributed by atoms with Gasteiger partial charge in [0.1, 0.15) is 5.82 Å². The molecule has 0 aromatic carbocycles. The lowest BCUT2D eigenvalue weighted by molar-refractivity contribution is -0.129. The number of aromatic nitrogens is 1. The second kappa shape index (κ2) is 7.39. The van der Waals surface area contributed by atoms with Crippen LogP contribution in [0.2, 0.25) is 0 Å². The van der Waals surface area contributed by atoms with Gasteiger partial charge in [-0.3, -0.25) is 4.79 Å². The summed E-state index contributed by atoms with van der Waals surface area (Å²) in [6.07, 6.45) is 5.54. The Hall–Kier alpha value is -2.15. The molecule has 0 radical (unpaired) electrons. The fourth-order valence-electron chi connectivity index (χ4n) is 3.50. The average molecular weight is 346 g/mol. The first kappa shape index (κ1) is 17.7. The number of aromatic carboxylic acids is 1.